The van der Waals surface area contributed by atoms with E-state index in [9.17, 15) is 9.59 Å². The first-order chi connectivity index (χ1) is 10.5. The number of carbonyl (C=O) groups excluding carboxylic acids is 1. The molecule has 0 atom stereocenters. The molecule has 2 aromatic rings. The van der Waals surface area contributed by atoms with Crippen molar-refractivity contribution in [3.8, 4) is 0 Å². The second-order valence-electron chi connectivity index (χ2n) is 4.92. The summed E-state index contributed by atoms with van der Waals surface area (Å²) in [4.78, 5) is 28.9. The number of pyridine rings is 1. The average Bonchev–Trinajstić information content (AvgIpc) is 2.64. The van der Waals surface area contributed by atoms with Crippen LogP contribution in [0.25, 0.3) is 0 Å². The van der Waals surface area contributed by atoms with Gasteiger partial charge in [-0.1, -0.05) is 17.7 Å². The lowest BCUT2D eigenvalue weighted by Crippen LogP contribution is -2.29. The van der Waals surface area contributed by atoms with Crippen LogP contribution in [0.2, 0.25) is 5.15 Å². The molecular weight excluding hydrogens is 306 g/mol. The van der Waals surface area contributed by atoms with Crippen LogP contribution in [0.3, 0.4) is 0 Å². The standard InChI is InChI=1S/C15H12ClN3O3/c16-13-6-11(3-4-17-13)19-7-10-2-1-9(15(21)22)5-12(10)18-14(20)8-19/h1-6H,7-8H2,(H,18,20)(H,21,22). The number of nitrogens with one attached hydrogen (secondary N) is 1. The lowest BCUT2D eigenvalue weighted by molar-refractivity contribution is -0.114. The Kier molecular flexibility index (Phi) is 3.68. The highest BCUT2D eigenvalue weighted by Gasteiger charge is 2.21. The number of carboxylic acids is 1. The summed E-state index contributed by atoms with van der Waals surface area (Å²) in [5.74, 6) is -1.24. The first-order valence-electron chi connectivity index (χ1n) is 6.55. The molecule has 1 aromatic heterocycles. The number of nitrogens with zero attached hydrogens (tertiary/aromatic N) is 2. The Labute approximate surface area is 131 Å². The van der Waals surface area contributed by atoms with Gasteiger partial charge in [-0.15, -0.1) is 0 Å². The Morgan fingerprint density at radius 2 is 2.09 bits per heavy atom. The monoisotopic (exact) mass is 317 g/mol. The summed E-state index contributed by atoms with van der Waals surface area (Å²) in [6.07, 6.45) is 1.58. The molecule has 1 aliphatic heterocycles. The summed E-state index contributed by atoms with van der Waals surface area (Å²) in [6.45, 7) is 0.617. The molecule has 0 saturated carbocycles. The molecule has 22 heavy (non-hydrogen) atoms. The van der Waals surface area contributed by atoms with E-state index in [4.69, 9.17) is 16.7 Å². The normalized spacial score (nSPS) is 14.0. The molecule has 0 saturated heterocycles. The highest BCUT2D eigenvalue weighted by Crippen LogP contribution is 2.26. The Morgan fingerprint density at radius 3 is 2.82 bits per heavy atom. The molecule has 0 bridgehead atoms. The molecule has 0 aliphatic carbocycles. The van der Waals surface area contributed by atoms with Crippen LogP contribution in [0.4, 0.5) is 11.4 Å². The Hall–Kier alpha value is -2.60. The van der Waals surface area contributed by atoms with Crippen molar-refractivity contribution in [2.75, 3.05) is 16.8 Å². The van der Waals surface area contributed by atoms with Crippen LogP contribution in [-0.2, 0) is 11.3 Å². The van der Waals surface area contributed by atoms with Gasteiger partial charge in [-0.25, -0.2) is 9.78 Å². The number of aromatic carboxylic acids is 1. The van der Waals surface area contributed by atoms with Gasteiger partial charge in [0.25, 0.3) is 0 Å². The molecule has 6 nitrogen and oxygen atoms in total. The zero-order valence-electron chi connectivity index (χ0n) is 11.4. The van der Waals surface area contributed by atoms with Crippen molar-refractivity contribution in [1.82, 2.24) is 4.98 Å². The predicted octanol–water partition coefficient (Wildman–Crippen LogP) is 2.39. The van der Waals surface area contributed by atoms with Gasteiger partial charge in [-0.3, -0.25) is 4.79 Å². The maximum atomic E-state index is 12.0. The van der Waals surface area contributed by atoms with Gasteiger partial charge in [0.2, 0.25) is 5.91 Å². The predicted molar refractivity (Wildman–Crippen MR) is 82.3 cm³/mol. The quantitative estimate of drug-likeness (QED) is 0.831. The van der Waals surface area contributed by atoms with Crippen molar-refractivity contribution < 1.29 is 14.7 Å². The Bertz CT molecular complexity index is 763. The molecule has 1 amide bonds. The van der Waals surface area contributed by atoms with Crippen molar-refractivity contribution in [3.63, 3.8) is 0 Å². The number of hydrogen-bond acceptors (Lipinski definition) is 4. The zero-order valence-corrected chi connectivity index (χ0v) is 12.2. The van der Waals surface area contributed by atoms with Crippen LogP contribution >= 0.6 is 11.6 Å². The van der Waals surface area contributed by atoms with Gasteiger partial charge < -0.3 is 15.3 Å². The number of amides is 1. The third-order valence-corrected chi connectivity index (χ3v) is 3.61. The SMILES string of the molecule is O=C1CN(c2ccnc(Cl)c2)Cc2ccc(C(=O)O)cc2N1. The van der Waals surface area contributed by atoms with Crippen LogP contribution in [-0.4, -0.2) is 28.5 Å². The molecule has 0 radical (unpaired) electrons. The Morgan fingerprint density at radius 1 is 1.27 bits per heavy atom. The van der Waals surface area contributed by atoms with Crippen molar-refractivity contribution in [3.05, 3.63) is 52.8 Å². The number of carbonyl (C=O) groups is 2. The van der Waals surface area contributed by atoms with E-state index in [1.807, 2.05) is 4.90 Å². The van der Waals surface area contributed by atoms with E-state index in [0.29, 0.717) is 17.4 Å². The van der Waals surface area contributed by atoms with E-state index in [1.165, 1.54) is 12.1 Å². The van der Waals surface area contributed by atoms with Gasteiger partial charge in [-0.05, 0) is 29.8 Å². The molecule has 3 rings (SSSR count). The summed E-state index contributed by atoms with van der Waals surface area (Å²) in [6, 6.07) is 8.16. The number of hydrogen-bond donors (Lipinski definition) is 2. The van der Waals surface area contributed by atoms with Crippen LogP contribution in [0, 0.1) is 0 Å². The summed E-state index contributed by atoms with van der Waals surface area (Å²) in [5, 5.41) is 12.1. The molecule has 0 unspecified atom stereocenters. The van der Waals surface area contributed by atoms with Crippen molar-refractivity contribution in [2.24, 2.45) is 0 Å². The smallest absolute Gasteiger partial charge is 0.335 e. The molecule has 0 spiro atoms. The fourth-order valence-electron chi connectivity index (χ4n) is 2.36. The lowest BCUT2D eigenvalue weighted by atomic mass is 10.1. The van der Waals surface area contributed by atoms with Gasteiger partial charge in [0.15, 0.2) is 0 Å². The molecule has 1 aromatic carbocycles. The first-order valence-corrected chi connectivity index (χ1v) is 6.93. The van der Waals surface area contributed by atoms with Crippen LogP contribution in [0.1, 0.15) is 15.9 Å². The average molecular weight is 318 g/mol. The van der Waals surface area contributed by atoms with Crippen LogP contribution < -0.4 is 10.2 Å². The number of aromatic nitrogens is 1. The zero-order chi connectivity index (χ0) is 15.7. The van der Waals surface area contributed by atoms with Gasteiger partial charge in [0.05, 0.1) is 12.1 Å². The molecule has 7 heteroatoms. The summed E-state index contributed by atoms with van der Waals surface area (Å²) < 4.78 is 0. The highest BCUT2D eigenvalue weighted by molar-refractivity contribution is 6.29. The number of benzene rings is 1. The van der Waals surface area contributed by atoms with Gasteiger partial charge in [0, 0.05) is 24.1 Å². The van der Waals surface area contributed by atoms with E-state index in [2.05, 4.69) is 10.3 Å². The third-order valence-electron chi connectivity index (χ3n) is 3.40. The summed E-state index contributed by atoms with van der Waals surface area (Å²) in [7, 11) is 0. The molecular formula is C15H12ClN3O3. The number of rotatable bonds is 2. The number of anilines is 2. The van der Waals surface area contributed by atoms with E-state index in [-0.39, 0.29) is 18.0 Å². The largest absolute Gasteiger partial charge is 0.478 e. The van der Waals surface area contributed by atoms with Crippen molar-refractivity contribution in [1.29, 1.82) is 0 Å². The lowest BCUT2D eigenvalue weighted by Gasteiger charge is -2.21. The van der Waals surface area contributed by atoms with Gasteiger partial charge in [-0.2, -0.15) is 0 Å². The van der Waals surface area contributed by atoms with E-state index < -0.39 is 5.97 Å². The highest BCUT2D eigenvalue weighted by atomic mass is 35.5. The maximum Gasteiger partial charge on any atom is 0.335 e. The molecule has 2 N–H and O–H groups in total. The number of carboxylic acid groups (broad SMARTS) is 1. The minimum atomic E-state index is -1.03. The van der Waals surface area contributed by atoms with Gasteiger partial charge >= 0.3 is 5.97 Å². The van der Waals surface area contributed by atoms with Crippen LogP contribution in [0.5, 0.6) is 0 Å². The second-order valence-corrected chi connectivity index (χ2v) is 5.31. The molecule has 112 valence electrons. The third kappa shape index (κ3) is 2.87. The molecule has 0 fully saturated rings. The number of fused-ring (bicyclic) bond motifs is 1. The van der Waals surface area contributed by atoms with E-state index >= 15 is 0 Å². The minimum absolute atomic E-state index is 0.138. The van der Waals surface area contributed by atoms with E-state index in [0.717, 1.165) is 11.3 Å². The van der Waals surface area contributed by atoms with Crippen molar-refractivity contribution >= 4 is 34.9 Å². The number of halogens is 1. The molecule has 1 aliphatic rings. The van der Waals surface area contributed by atoms with E-state index in [1.54, 1.807) is 24.4 Å². The topological polar surface area (TPSA) is 82.5 Å². The van der Waals surface area contributed by atoms with Gasteiger partial charge in [0.1, 0.15) is 5.15 Å². The molecule has 2 heterocycles. The summed E-state index contributed by atoms with van der Waals surface area (Å²) >= 11 is 5.89. The summed E-state index contributed by atoms with van der Waals surface area (Å²) in [5.41, 5.74) is 2.28. The maximum absolute atomic E-state index is 12.0. The fraction of sp³-hybridized carbons (Fsp3) is 0.133. The second kappa shape index (κ2) is 5.65. The first kappa shape index (κ1) is 14.3. The van der Waals surface area contributed by atoms with Crippen molar-refractivity contribution in [2.45, 2.75) is 6.54 Å². The van der Waals surface area contributed by atoms with Crippen LogP contribution in [0.15, 0.2) is 36.5 Å². The Balaban J connectivity index is 1.98. The fourth-order valence-corrected chi connectivity index (χ4v) is 2.53. The minimum Gasteiger partial charge on any atom is -0.478 e.